The van der Waals surface area contributed by atoms with E-state index in [1.807, 2.05) is 0 Å². The monoisotopic (exact) mass is 150 g/mol. The third-order valence-electron chi connectivity index (χ3n) is 1.39. The second kappa shape index (κ2) is 9.06. The zero-order valence-corrected chi connectivity index (χ0v) is 6.97. The lowest BCUT2D eigenvalue weighted by molar-refractivity contribution is 0.760. The lowest BCUT2D eigenvalue weighted by atomic mass is 10.2. The van der Waals surface area contributed by atoms with Crippen molar-refractivity contribution < 1.29 is 0 Å². The highest BCUT2D eigenvalue weighted by molar-refractivity contribution is 5.47. The Morgan fingerprint density at radius 3 is 2.73 bits per heavy atom. The van der Waals surface area contributed by atoms with E-state index in [0.29, 0.717) is 0 Å². The zero-order chi connectivity index (χ0) is 8.36. The van der Waals surface area contributed by atoms with Crippen molar-refractivity contribution in [2.24, 2.45) is 0 Å². The summed E-state index contributed by atoms with van der Waals surface area (Å²) < 4.78 is 0. The first kappa shape index (κ1) is 10.1. The number of hydrogen-bond acceptors (Lipinski definition) is 1. The summed E-state index contributed by atoms with van der Waals surface area (Å²) >= 11 is 0. The molecule has 0 heterocycles. The van der Waals surface area contributed by atoms with Gasteiger partial charge in [-0.3, -0.25) is 5.41 Å². The molecule has 0 fully saturated rings. The highest BCUT2D eigenvalue weighted by atomic mass is 14.3. The van der Waals surface area contributed by atoms with Crippen LogP contribution in [0.5, 0.6) is 0 Å². The van der Waals surface area contributed by atoms with Crippen LogP contribution in [-0.2, 0) is 0 Å². The molecule has 1 N–H and O–H groups in total. The Balaban J connectivity index is 3.09. The SMILES string of the molecule is [CH2+]CCCC/C=C\CC=C=N. The van der Waals surface area contributed by atoms with Crippen LogP contribution in [0.15, 0.2) is 18.2 Å². The Morgan fingerprint density at radius 2 is 2.09 bits per heavy atom. The predicted octanol–water partition coefficient (Wildman–Crippen LogP) is 3.13. The van der Waals surface area contributed by atoms with Gasteiger partial charge >= 0.3 is 0 Å². The molecule has 0 amide bonds. The third kappa shape index (κ3) is 9.06. The molecule has 0 radical (unpaired) electrons. The molecule has 0 unspecified atom stereocenters. The highest BCUT2D eigenvalue weighted by Gasteiger charge is 1.83. The number of nitrogens with one attached hydrogen (secondary N) is 1. The van der Waals surface area contributed by atoms with E-state index in [4.69, 9.17) is 5.41 Å². The quantitative estimate of drug-likeness (QED) is 0.260. The van der Waals surface area contributed by atoms with Crippen molar-refractivity contribution in [2.75, 3.05) is 0 Å². The molecule has 0 aromatic heterocycles. The van der Waals surface area contributed by atoms with Crippen LogP contribution in [-0.4, -0.2) is 5.87 Å². The van der Waals surface area contributed by atoms with Gasteiger partial charge in [-0.05, 0) is 37.6 Å². The molecule has 60 valence electrons. The van der Waals surface area contributed by atoms with Crippen LogP contribution >= 0.6 is 0 Å². The lowest BCUT2D eigenvalue weighted by Gasteiger charge is -1.87. The van der Waals surface area contributed by atoms with Crippen molar-refractivity contribution in [1.82, 2.24) is 0 Å². The summed E-state index contributed by atoms with van der Waals surface area (Å²) in [5, 5.41) is 6.60. The topological polar surface area (TPSA) is 23.9 Å². The minimum Gasteiger partial charge on any atom is -0.259 e. The summed E-state index contributed by atoms with van der Waals surface area (Å²) in [6, 6.07) is 0. The molecule has 0 aliphatic rings. The summed E-state index contributed by atoms with van der Waals surface area (Å²) in [7, 11) is 0. The fourth-order valence-electron chi connectivity index (χ4n) is 0.780. The van der Waals surface area contributed by atoms with E-state index in [-0.39, 0.29) is 0 Å². The molecule has 0 saturated heterocycles. The maximum Gasteiger partial charge on any atom is 0.0850 e. The van der Waals surface area contributed by atoms with E-state index in [2.05, 4.69) is 24.9 Å². The molecular weight excluding hydrogens is 134 g/mol. The summed E-state index contributed by atoms with van der Waals surface area (Å²) in [5.74, 6) is 2.23. The second-order valence-corrected chi connectivity index (χ2v) is 2.40. The van der Waals surface area contributed by atoms with Crippen LogP contribution in [0.4, 0.5) is 0 Å². The smallest absolute Gasteiger partial charge is 0.0850 e. The van der Waals surface area contributed by atoms with Crippen LogP contribution in [0, 0.1) is 12.3 Å². The Kier molecular flexibility index (Phi) is 8.29. The highest BCUT2D eigenvalue weighted by Crippen LogP contribution is 1.99. The molecule has 1 heteroatoms. The van der Waals surface area contributed by atoms with Crippen molar-refractivity contribution in [3.63, 3.8) is 0 Å². The number of hydrogen-bond donors (Lipinski definition) is 1. The van der Waals surface area contributed by atoms with Gasteiger partial charge in [0, 0.05) is 0 Å². The normalized spacial score (nSPS) is 9.82. The third-order valence-corrected chi connectivity index (χ3v) is 1.39. The number of rotatable bonds is 6. The maximum absolute atomic E-state index is 6.60. The molecular formula is C10H16N+. The molecule has 0 aromatic carbocycles. The molecule has 0 bridgehead atoms. The zero-order valence-electron chi connectivity index (χ0n) is 6.97. The summed E-state index contributed by atoms with van der Waals surface area (Å²) in [6.45, 7) is 3.77. The van der Waals surface area contributed by atoms with Crippen LogP contribution in [0.1, 0.15) is 32.1 Å². The van der Waals surface area contributed by atoms with Crippen LogP contribution in [0.25, 0.3) is 0 Å². The first-order chi connectivity index (χ1) is 5.41. The second-order valence-electron chi connectivity index (χ2n) is 2.40. The molecule has 0 saturated carbocycles. The van der Waals surface area contributed by atoms with E-state index in [1.165, 1.54) is 12.8 Å². The van der Waals surface area contributed by atoms with Crippen molar-refractivity contribution in [2.45, 2.75) is 32.1 Å². The van der Waals surface area contributed by atoms with Gasteiger partial charge in [-0.25, -0.2) is 0 Å². The van der Waals surface area contributed by atoms with E-state index in [1.54, 1.807) is 6.08 Å². The molecule has 11 heavy (non-hydrogen) atoms. The van der Waals surface area contributed by atoms with Crippen LogP contribution < -0.4 is 0 Å². The van der Waals surface area contributed by atoms with E-state index in [0.717, 1.165) is 19.3 Å². The van der Waals surface area contributed by atoms with E-state index < -0.39 is 0 Å². The fraction of sp³-hybridized carbons (Fsp3) is 0.500. The van der Waals surface area contributed by atoms with Gasteiger partial charge in [0.15, 0.2) is 0 Å². The summed E-state index contributed by atoms with van der Waals surface area (Å²) in [4.78, 5) is 0. The van der Waals surface area contributed by atoms with Gasteiger partial charge < -0.3 is 0 Å². The Labute approximate surface area is 69.3 Å². The van der Waals surface area contributed by atoms with Crippen molar-refractivity contribution in [1.29, 1.82) is 5.41 Å². The first-order valence-corrected chi connectivity index (χ1v) is 4.10. The predicted molar refractivity (Wildman–Crippen MR) is 49.9 cm³/mol. The fourth-order valence-corrected chi connectivity index (χ4v) is 0.780. The van der Waals surface area contributed by atoms with Gasteiger partial charge in [0.05, 0.1) is 13.3 Å². The maximum atomic E-state index is 6.60. The van der Waals surface area contributed by atoms with Crippen LogP contribution in [0.2, 0.25) is 0 Å². The Bertz CT molecular complexity index is 141. The van der Waals surface area contributed by atoms with Gasteiger partial charge in [-0.15, -0.1) is 0 Å². The first-order valence-electron chi connectivity index (χ1n) is 4.10. The van der Waals surface area contributed by atoms with Gasteiger partial charge in [0.1, 0.15) is 0 Å². The van der Waals surface area contributed by atoms with Gasteiger partial charge in [-0.2, -0.15) is 0 Å². The van der Waals surface area contributed by atoms with Crippen molar-refractivity contribution >= 4 is 5.87 Å². The Hall–Kier alpha value is -0.940. The molecule has 0 atom stereocenters. The van der Waals surface area contributed by atoms with Crippen molar-refractivity contribution in [3.05, 3.63) is 25.2 Å². The average Bonchev–Trinajstić information content (AvgIpc) is 2.03. The standard InChI is InChI=1S/C10H16N/c1-2-3-4-5-6-7-8-9-10-11/h6-7,9,11H,1-5,8H2/q+1/b7-6-. The minimum absolute atomic E-state index is 0.841. The molecule has 0 spiro atoms. The molecule has 0 rings (SSSR count). The summed E-state index contributed by atoms with van der Waals surface area (Å²) in [6.07, 6.45) is 11.4. The van der Waals surface area contributed by atoms with Gasteiger partial charge in [-0.1, -0.05) is 12.2 Å². The largest absolute Gasteiger partial charge is 0.259 e. The van der Waals surface area contributed by atoms with Crippen molar-refractivity contribution in [3.8, 4) is 0 Å². The molecule has 0 aliphatic carbocycles. The molecule has 0 aliphatic heterocycles. The number of unbranched alkanes of at least 4 members (excludes halogenated alkanes) is 3. The summed E-state index contributed by atoms with van der Waals surface area (Å²) in [5.41, 5.74) is 0. The minimum atomic E-state index is 0.841. The lowest BCUT2D eigenvalue weighted by Crippen LogP contribution is -1.70. The van der Waals surface area contributed by atoms with Gasteiger partial charge in [0.2, 0.25) is 0 Å². The van der Waals surface area contributed by atoms with Crippen LogP contribution in [0.3, 0.4) is 0 Å². The van der Waals surface area contributed by atoms with E-state index >= 15 is 0 Å². The molecule has 0 aromatic rings. The number of allylic oxidation sites excluding steroid dienone is 3. The van der Waals surface area contributed by atoms with Gasteiger partial charge in [0.25, 0.3) is 0 Å². The Morgan fingerprint density at radius 1 is 1.27 bits per heavy atom. The van der Waals surface area contributed by atoms with E-state index in [9.17, 15) is 0 Å². The average molecular weight is 150 g/mol. The molecule has 1 nitrogen and oxygen atoms in total.